The molecule has 2 aromatic heterocycles. The third-order valence-corrected chi connectivity index (χ3v) is 5.24. The summed E-state index contributed by atoms with van der Waals surface area (Å²) in [4.78, 5) is 16.6. The summed E-state index contributed by atoms with van der Waals surface area (Å²) in [5.74, 6) is 3.02. The molecule has 0 atom stereocenters. The van der Waals surface area contributed by atoms with E-state index >= 15 is 0 Å². The van der Waals surface area contributed by atoms with Crippen LogP contribution in [0.3, 0.4) is 0 Å². The Morgan fingerprint density at radius 3 is 2.53 bits per heavy atom. The van der Waals surface area contributed by atoms with E-state index in [0.29, 0.717) is 37.0 Å². The van der Waals surface area contributed by atoms with Crippen LogP contribution in [0.25, 0.3) is 22.7 Å². The standard InChI is InChI=1S/C24H22BrN3O4/c1-2-30-19-9-5-17(6-10-19)24-27-23(32-28-24)14-13-22(29)26-15-20-11-12-21(31-20)16-3-7-18(25)8-4-16/h3-12H,2,13-15H2,1H3,(H,26,29). The highest BCUT2D eigenvalue weighted by Gasteiger charge is 2.12. The molecule has 8 heteroatoms. The van der Waals surface area contributed by atoms with E-state index in [1.54, 1.807) is 0 Å². The molecule has 2 heterocycles. The number of nitrogens with one attached hydrogen (secondary N) is 1. The molecule has 0 aliphatic carbocycles. The summed E-state index contributed by atoms with van der Waals surface area (Å²) in [6, 6.07) is 19.1. The van der Waals surface area contributed by atoms with Gasteiger partial charge < -0.3 is 19.0 Å². The molecule has 1 N–H and O–H groups in total. The molecule has 0 radical (unpaired) electrons. The first kappa shape index (κ1) is 21.8. The van der Waals surface area contributed by atoms with Gasteiger partial charge in [-0.1, -0.05) is 33.2 Å². The molecular formula is C24H22BrN3O4. The Kier molecular flexibility index (Phi) is 7.01. The Bertz CT molecular complexity index is 1170. The van der Waals surface area contributed by atoms with Crippen LogP contribution in [0.5, 0.6) is 5.75 Å². The second-order valence-corrected chi connectivity index (χ2v) is 7.93. The molecule has 0 saturated heterocycles. The van der Waals surface area contributed by atoms with Crippen molar-refractivity contribution in [1.29, 1.82) is 0 Å². The third kappa shape index (κ3) is 5.64. The van der Waals surface area contributed by atoms with Gasteiger partial charge in [-0.25, -0.2) is 0 Å². The summed E-state index contributed by atoms with van der Waals surface area (Å²) in [5, 5.41) is 6.85. The van der Waals surface area contributed by atoms with Crippen LogP contribution in [0.1, 0.15) is 25.0 Å². The quantitative estimate of drug-likeness (QED) is 0.334. The molecule has 0 spiro atoms. The number of hydrogen-bond donors (Lipinski definition) is 1. The van der Waals surface area contributed by atoms with Gasteiger partial charge >= 0.3 is 0 Å². The minimum atomic E-state index is -0.118. The van der Waals surface area contributed by atoms with Crippen molar-refractivity contribution in [2.24, 2.45) is 0 Å². The van der Waals surface area contributed by atoms with Gasteiger partial charge in [-0.2, -0.15) is 4.98 Å². The second kappa shape index (κ2) is 10.3. The van der Waals surface area contributed by atoms with Crippen molar-refractivity contribution in [3.05, 3.63) is 76.8 Å². The van der Waals surface area contributed by atoms with Gasteiger partial charge in [-0.3, -0.25) is 4.79 Å². The van der Waals surface area contributed by atoms with Gasteiger partial charge in [-0.15, -0.1) is 0 Å². The summed E-state index contributed by atoms with van der Waals surface area (Å²) in [7, 11) is 0. The van der Waals surface area contributed by atoms with Gasteiger partial charge in [0, 0.05) is 28.4 Å². The smallest absolute Gasteiger partial charge is 0.227 e. The van der Waals surface area contributed by atoms with Gasteiger partial charge in [0.15, 0.2) is 0 Å². The number of benzene rings is 2. The molecule has 0 unspecified atom stereocenters. The Balaban J connectivity index is 1.25. The minimum Gasteiger partial charge on any atom is -0.494 e. The Morgan fingerprint density at radius 1 is 1.03 bits per heavy atom. The van der Waals surface area contributed by atoms with Gasteiger partial charge in [0.05, 0.1) is 13.2 Å². The first-order valence-corrected chi connectivity index (χ1v) is 11.1. The van der Waals surface area contributed by atoms with Crippen LogP contribution in [-0.2, 0) is 17.8 Å². The number of aromatic nitrogens is 2. The number of aryl methyl sites for hydroxylation is 1. The lowest BCUT2D eigenvalue weighted by Crippen LogP contribution is -2.22. The van der Waals surface area contributed by atoms with Crippen LogP contribution in [0, 0.1) is 0 Å². The predicted molar refractivity (Wildman–Crippen MR) is 123 cm³/mol. The molecule has 4 aromatic rings. The number of halogens is 1. The zero-order chi connectivity index (χ0) is 22.3. The first-order chi connectivity index (χ1) is 15.6. The highest BCUT2D eigenvalue weighted by atomic mass is 79.9. The van der Waals surface area contributed by atoms with Gasteiger partial charge in [0.2, 0.25) is 17.6 Å². The minimum absolute atomic E-state index is 0.118. The zero-order valence-electron chi connectivity index (χ0n) is 17.5. The molecule has 2 aromatic carbocycles. The number of amides is 1. The monoisotopic (exact) mass is 495 g/mol. The summed E-state index contributed by atoms with van der Waals surface area (Å²) >= 11 is 3.42. The van der Waals surface area contributed by atoms with E-state index in [-0.39, 0.29) is 12.3 Å². The molecule has 0 aliphatic heterocycles. The fraction of sp³-hybridized carbons (Fsp3) is 0.208. The summed E-state index contributed by atoms with van der Waals surface area (Å²) < 4.78 is 17.5. The number of furan rings is 1. The summed E-state index contributed by atoms with van der Waals surface area (Å²) in [6.45, 7) is 2.86. The van der Waals surface area contributed by atoms with Gasteiger partial charge in [0.1, 0.15) is 17.3 Å². The van der Waals surface area contributed by atoms with Crippen LogP contribution in [-0.4, -0.2) is 22.7 Å². The van der Waals surface area contributed by atoms with E-state index in [9.17, 15) is 4.79 Å². The van der Waals surface area contributed by atoms with E-state index in [2.05, 4.69) is 31.4 Å². The van der Waals surface area contributed by atoms with Crippen molar-refractivity contribution in [1.82, 2.24) is 15.5 Å². The maximum Gasteiger partial charge on any atom is 0.227 e. The fourth-order valence-electron chi connectivity index (χ4n) is 3.08. The molecule has 7 nitrogen and oxygen atoms in total. The largest absolute Gasteiger partial charge is 0.494 e. The lowest BCUT2D eigenvalue weighted by molar-refractivity contribution is -0.121. The van der Waals surface area contributed by atoms with E-state index in [1.807, 2.05) is 67.6 Å². The Labute approximate surface area is 193 Å². The molecule has 4 rings (SSSR count). The van der Waals surface area contributed by atoms with E-state index in [4.69, 9.17) is 13.7 Å². The van der Waals surface area contributed by atoms with Crippen molar-refractivity contribution in [2.75, 3.05) is 6.61 Å². The molecule has 1 amide bonds. The second-order valence-electron chi connectivity index (χ2n) is 7.02. The average molecular weight is 496 g/mol. The molecular weight excluding hydrogens is 474 g/mol. The fourth-order valence-corrected chi connectivity index (χ4v) is 3.34. The zero-order valence-corrected chi connectivity index (χ0v) is 19.1. The van der Waals surface area contributed by atoms with Gasteiger partial charge in [0.25, 0.3) is 0 Å². The molecule has 0 bridgehead atoms. The van der Waals surface area contributed by atoms with E-state index < -0.39 is 0 Å². The Morgan fingerprint density at radius 2 is 1.78 bits per heavy atom. The van der Waals surface area contributed by atoms with Crippen molar-refractivity contribution in [2.45, 2.75) is 26.3 Å². The van der Waals surface area contributed by atoms with Crippen molar-refractivity contribution >= 4 is 21.8 Å². The first-order valence-electron chi connectivity index (χ1n) is 10.3. The number of carbonyl (C=O) groups is 1. The molecule has 0 fully saturated rings. The molecule has 32 heavy (non-hydrogen) atoms. The molecule has 164 valence electrons. The van der Waals surface area contributed by atoms with E-state index in [1.165, 1.54) is 0 Å². The summed E-state index contributed by atoms with van der Waals surface area (Å²) in [6.07, 6.45) is 0.601. The lowest BCUT2D eigenvalue weighted by Gasteiger charge is -2.02. The number of carbonyl (C=O) groups excluding carboxylic acids is 1. The van der Waals surface area contributed by atoms with Crippen molar-refractivity contribution < 1.29 is 18.5 Å². The van der Waals surface area contributed by atoms with Crippen LogP contribution in [0.15, 0.2) is 74.1 Å². The maximum atomic E-state index is 12.2. The number of ether oxygens (including phenoxy) is 1. The Hall–Kier alpha value is -3.39. The molecule has 0 saturated carbocycles. The third-order valence-electron chi connectivity index (χ3n) is 4.71. The SMILES string of the molecule is CCOc1ccc(-c2noc(CCC(=O)NCc3ccc(-c4ccc(Br)cc4)o3)n2)cc1. The van der Waals surface area contributed by atoms with Crippen molar-refractivity contribution in [3.8, 4) is 28.5 Å². The number of hydrogen-bond acceptors (Lipinski definition) is 6. The van der Waals surface area contributed by atoms with Gasteiger partial charge in [-0.05, 0) is 55.5 Å². The highest BCUT2D eigenvalue weighted by molar-refractivity contribution is 9.10. The number of rotatable bonds is 9. The van der Waals surface area contributed by atoms with Crippen LogP contribution in [0.4, 0.5) is 0 Å². The summed E-state index contributed by atoms with van der Waals surface area (Å²) in [5.41, 5.74) is 1.80. The lowest BCUT2D eigenvalue weighted by atomic mass is 10.2. The normalized spacial score (nSPS) is 10.8. The average Bonchev–Trinajstić information content (AvgIpc) is 3.48. The highest BCUT2D eigenvalue weighted by Crippen LogP contribution is 2.24. The van der Waals surface area contributed by atoms with Crippen LogP contribution < -0.4 is 10.1 Å². The van der Waals surface area contributed by atoms with Crippen molar-refractivity contribution in [3.63, 3.8) is 0 Å². The predicted octanol–water partition coefficient (Wildman–Crippen LogP) is 5.41. The molecule has 0 aliphatic rings. The van der Waals surface area contributed by atoms with E-state index in [0.717, 1.165) is 27.1 Å². The topological polar surface area (TPSA) is 90.4 Å². The number of nitrogens with zero attached hydrogens (tertiary/aromatic N) is 2. The van der Waals surface area contributed by atoms with Crippen LogP contribution >= 0.6 is 15.9 Å². The maximum absolute atomic E-state index is 12.2. The van der Waals surface area contributed by atoms with Crippen LogP contribution in [0.2, 0.25) is 0 Å².